The molecule has 0 saturated heterocycles. The predicted molar refractivity (Wildman–Crippen MR) is 70.2 cm³/mol. The van der Waals surface area contributed by atoms with Gasteiger partial charge in [0.25, 0.3) is 0 Å². The van der Waals surface area contributed by atoms with Gasteiger partial charge in [0.1, 0.15) is 6.10 Å². The minimum absolute atomic E-state index is 0.158. The fraction of sp³-hybridized carbons (Fsp3) is 0.857. The maximum Gasteiger partial charge on any atom is 0.309 e. The minimum Gasteiger partial charge on any atom is -0.469 e. The lowest BCUT2D eigenvalue weighted by Crippen LogP contribution is -2.21. The lowest BCUT2D eigenvalue weighted by atomic mass is 10.1. The number of rotatable bonds is 10. The zero-order chi connectivity index (χ0) is 13.8. The summed E-state index contributed by atoms with van der Waals surface area (Å²) in [6, 6.07) is 0. The first-order chi connectivity index (χ1) is 8.60. The zero-order valence-electron chi connectivity index (χ0n) is 11.9. The second kappa shape index (κ2) is 11.1. The van der Waals surface area contributed by atoms with E-state index in [1.54, 1.807) is 0 Å². The Kier molecular flexibility index (Phi) is 10.4. The molecule has 0 amide bonds. The van der Waals surface area contributed by atoms with Crippen LogP contribution >= 0.6 is 0 Å². The van der Waals surface area contributed by atoms with E-state index in [-0.39, 0.29) is 24.5 Å². The van der Waals surface area contributed by atoms with Crippen molar-refractivity contribution in [3.8, 4) is 0 Å². The number of hydrogen-bond acceptors (Lipinski definition) is 4. The molecule has 1 unspecified atom stereocenters. The van der Waals surface area contributed by atoms with Gasteiger partial charge < -0.3 is 9.47 Å². The summed E-state index contributed by atoms with van der Waals surface area (Å²) in [6.07, 6.45) is 7.64. The van der Waals surface area contributed by atoms with Gasteiger partial charge in [-0.15, -0.1) is 0 Å². The van der Waals surface area contributed by atoms with Crippen LogP contribution in [0.3, 0.4) is 0 Å². The fourth-order valence-electron chi connectivity index (χ4n) is 1.86. The summed E-state index contributed by atoms with van der Waals surface area (Å²) in [4.78, 5) is 22.1. The van der Waals surface area contributed by atoms with Crippen molar-refractivity contribution < 1.29 is 19.1 Å². The zero-order valence-corrected chi connectivity index (χ0v) is 11.9. The van der Waals surface area contributed by atoms with Gasteiger partial charge in [-0.05, 0) is 12.8 Å². The summed E-state index contributed by atoms with van der Waals surface area (Å²) < 4.78 is 9.70. The molecular formula is C14H26O4. The summed E-state index contributed by atoms with van der Waals surface area (Å²) in [7, 11) is 1.35. The van der Waals surface area contributed by atoms with Gasteiger partial charge in [-0.2, -0.15) is 0 Å². The molecular weight excluding hydrogens is 232 g/mol. The average Bonchev–Trinajstić information content (AvgIpc) is 2.32. The maximum absolute atomic E-state index is 11.2. The quantitative estimate of drug-likeness (QED) is 0.446. The van der Waals surface area contributed by atoms with Gasteiger partial charge in [0.2, 0.25) is 0 Å². The van der Waals surface area contributed by atoms with Crippen molar-refractivity contribution in [3.63, 3.8) is 0 Å². The van der Waals surface area contributed by atoms with Gasteiger partial charge in [0, 0.05) is 6.92 Å². The highest BCUT2D eigenvalue weighted by molar-refractivity contribution is 5.71. The Bertz CT molecular complexity index is 238. The molecule has 0 N–H and O–H groups in total. The number of hydrogen-bond donors (Lipinski definition) is 0. The normalized spacial score (nSPS) is 11.9. The Labute approximate surface area is 110 Å². The summed E-state index contributed by atoms with van der Waals surface area (Å²) >= 11 is 0. The molecule has 0 bridgehead atoms. The van der Waals surface area contributed by atoms with E-state index < -0.39 is 0 Å². The Balaban J connectivity index is 3.79. The van der Waals surface area contributed by atoms with Crippen molar-refractivity contribution in [3.05, 3.63) is 0 Å². The highest BCUT2D eigenvalue weighted by atomic mass is 16.6. The first kappa shape index (κ1) is 16.9. The molecule has 0 aromatic heterocycles. The summed E-state index contributed by atoms with van der Waals surface area (Å²) in [5.74, 6) is -0.665. The van der Waals surface area contributed by atoms with Crippen LogP contribution < -0.4 is 0 Å². The molecule has 4 heteroatoms. The number of carbonyl (C=O) groups is 2. The molecule has 0 aliphatic rings. The first-order valence-corrected chi connectivity index (χ1v) is 6.84. The van der Waals surface area contributed by atoms with Crippen molar-refractivity contribution in [2.24, 2.45) is 0 Å². The van der Waals surface area contributed by atoms with Crippen molar-refractivity contribution >= 4 is 11.9 Å². The molecule has 1 atom stereocenters. The van der Waals surface area contributed by atoms with Crippen LogP contribution in [0.25, 0.3) is 0 Å². The third-order valence-corrected chi connectivity index (χ3v) is 2.83. The van der Waals surface area contributed by atoms with Crippen LogP contribution in [0.1, 0.15) is 65.2 Å². The molecule has 0 aliphatic carbocycles. The van der Waals surface area contributed by atoms with Crippen molar-refractivity contribution in [1.29, 1.82) is 0 Å². The summed E-state index contributed by atoms with van der Waals surface area (Å²) in [5, 5.41) is 0. The molecule has 0 radical (unpaired) electrons. The van der Waals surface area contributed by atoms with E-state index in [9.17, 15) is 9.59 Å². The van der Waals surface area contributed by atoms with E-state index in [4.69, 9.17) is 4.74 Å². The van der Waals surface area contributed by atoms with E-state index in [2.05, 4.69) is 11.7 Å². The molecule has 4 nitrogen and oxygen atoms in total. The lowest BCUT2D eigenvalue weighted by Gasteiger charge is -2.15. The van der Waals surface area contributed by atoms with Crippen molar-refractivity contribution in [2.45, 2.75) is 71.3 Å². The second-order valence-electron chi connectivity index (χ2n) is 4.57. The third-order valence-electron chi connectivity index (χ3n) is 2.83. The number of esters is 2. The van der Waals surface area contributed by atoms with Crippen LogP contribution in [0.4, 0.5) is 0 Å². The van der Waals surface area contributed by atoms with Crippen LogP contribution in [0.2, 0.25) is 0 Å². The number of carbonyl (C=O) groups excluding carboxylic acids is 2. The van der Waals surface area contributed by atoms with E-state index >= 15 is 0 Å². The van der Waals surface area contributed by atoms with Gasteiger partial charge in [-0.3, -0.25) is 9.59 Å². The Morgan fingerprint density at radius 2 is 1.67 bits per heavy atom. The molecule has 106 valence electrons. The topological polar surface area (TPSA) is 52.6 Å². The van der Waals surface area contributed by atoms with Gasteiger partial charge in [-0.1, -0.05) is 39.0 Å². The molecule has 0 spiro atoms. The SMILES string of the molecule is CCCCCCCCC(CC(=O)OC)OC(C)=O. The van der Waals surface area contributed by atoms with Gasteiger partial charge in [0.15, 0.2) is 0 Å². The largest absolute Gasteiger partial charge is 0.469 e. The highest BCUT2D eigenvalue weighted by Gasteiger charge is 2.16. The monoisotopic (exact) mass is 258 g/mol. The van der Waals surface area contributed by atoms with E-state index in [1.807, 2.05) is 0 Å². The van der Waals surface area contributed by atoms with E-state index in [0.29, 0.717) is 0 Å². The third kappa shape index (κ3) is 10.1. The standard InChI is InChI=1S/C14H26O4/c1-4-5-6-7-8-9-10-13(18-12(2)15)11-14(16)17-3/h13H,4-11H2,1-3H3. The smallest absolute Gasteiger partial charge is 0.309 e. The number of methoxy groups -OCH3 is 1. The van der Waals surface area contributed by atoms with Crippen LogP contribution in [0, 0.1) is 0 Å². The van der Waals surface area contributed by atoms with Gasteiger partial charge in [-0.25, -0.2) is 0 Å². The van der Waals surface area contributed by atoms with Gasteiger partial charge in [0.05, 0.1) is 13.5 Å². The molecule has 0 aromatic carbocycles. The maximum atomic E-state index is 11.2. The van der Waals surface area contributed by atoms with Crippen molar-refractivity contribution in [2.75, 3.05) is 7.11 Å². The van der Waals surface area contributed by atoms with Gasteiger partial charge >= 0.3 is 11.9 Å². The predicted octanol–water partition coefficient (Wildman–Crippen LogP) is 3.23. The lowest BCUT2D eigenvalue weighted by molar-refractivity contribution is -0.152. The molecule has 0 aromatic rings. The molecule has 0 rings (SSSR count). The molecule has 0 fully saturated rings. The number of unbranched alkanes of at least 4 members (excludes halogenated alkanes) is 5. The fourth-order valence-corrected chi connectivity index (χ4v) is 1.86. The molecule has 0 saturated carbocycles. The Morgan fingerprint density at radius 3 is 2.22 bits per heavy atom. The molecule has 0 aliphatic heterocycles. The first-order valence-electron chi connectivity index (χ1n) is 6.84. The Morgan fingerprint density at radius 1 is 1.06 bits per heavy atom. The summed E-state index contributed by atoms with van der Waals surface area (Å²) in [6.45, 7) is 3.55. The minimum atomic E-state index is -0.338. The number of ether oxygens (including phenoxy) is 2. The van der Waals surface area contributed by atoms with Crippen LogP contribution in [0.5, 0.6) is 0 Å². The highest BCUT2D eigenvalue weighted by Crippen LogP contribution is 2.13. The van der Waals surface area contributed by atoms with E-state index in [1.165, 1.54) is 39.7 Å². The van der Waals surface area contributed by atoms with E-state index in [0.717, 1.165) is 19.3 Å². The van der Waals surface area contributed by atoms with Crippen LogP contribution in [0.15, 0.2) is 0 Å². The second-order valence-corrected chi connectivity index (χ2v) is 4.57. The van der Waals surface area contributed by atoms with Crippen LogP contribution in [-0.4, -0.2) is 25.2 Å². The Hall–Kier alpha value is -1.06. The summed E-state index contributed by atoms with van der Waals surface area (Å²) in [5.41, 5.74) is 0. The average molecular weight is 258 g/mol. The van der Waals surface area contributed by atoms with Crippen molar-refractivity contribution in [1.82, 2.24) is 0 Å². The van der Waals surface area contributed by atoms with Crippen LogP contribution in [-0.2, 0) is 19.1 Å². The molecule has 18 heavy (non-hydrogen) atoms. The molecule has 0 heterocycles.